The molecule has 136 valence electrons. The molecule has 1 aromatic carbocycles. The van der Waals surface area contributed by atoms with Gasteiger partial charge in [-0.1, -0.05) is 89.9 Å². The second-order valence-corrected chi connectivity index (χ2v) is 11.7. The number of hydrogen-bond acceptors (Lipinski definition) is 0. The van der Waals surface area contributed by atoms with Crippen LogP contribution in [0.3, 0.4) is 0 Å². The van der Waals surface area contributed by atoms with Crippen LogP contribution in [0.4, 0.5) is 0 Å². The van der Waals surface area contributed by atoms with Crippen LogP contribution < -0.4 is 5.19 Å². The number of hydrogen-bond donors (Lipinski definition) is 0. The van der Waals surface area contributed by atoms with Crippen molar-refractivity contribution in [3.05, 3.63) is 51.2 Å². The lowest BCUT2D eigenvalue weighted by Crippen LogP contribution is -2.37. The maximum absolute atomic E-state index is 2.52. The molecule has 0 radical (unpaired) electrons. The minimum Gasteiger partial charge on any atom is -0.0690 e. The number of allylic oxidation sites excluding steroid dienone is 4. The maximum atomic E-state index is 2.52. The standard InChI is InChI=1S/C24H36Si/c1-16-12-17(2)14-23(13-16)25(15-22-10-8-7-9-11-22)24-20(5)18(3)19(4)21(24)6/h12-14,20,22,25H,7-11,15H2,1-6H3. The molecule has 2 unspecified atom stereocenters. The van der Waals surface area contributed by atoms with Crippen molar-refractivity contribution < 1.29 is 0 Å². The van der Waals surface area contributed by atoms with Gasteiger partial charge in [-0.2, -0.15) is 0 Å². The van der Waals surface area contributed by atoms with Crippen molar-refractivity contribution >= 4 is 14.0 Å². The van der Waals surface area contributed by atoms with Crippen LogP contribution in [-0.4, -0.2) is 8.80 Å². The Bertz CT molecular complexity index is 681. The summed E-state index contributed by atoms with van der Waals surface area (Å²) >= 11 is 0. The van der Waals surface area contributed by atoms with Crippen LogP contribution >= 0.6 is 0 Å². The molecule has 25 heavy (non-hydrogen) atoms. The number of benzene rings is 1. The zero-order valence-corrected chi connectivity index (χ0v) is 18.4. The van der Waals surface area contributed by atoms with Crippen molar-refractivity contribution in [2.45, 2.75) is 79.7 Å². The molecule has 2 aliphatic rings. The first kappa shape index (κ1) is 18.7. The molecule has 0 N–H and O–H groups in total. The molecular weight excluding hydrogens is 316 g/mol. The summed E-state index contributed by atoms with van der Waals surface area (Å²) in [4.78, 5) is 0. The predicted octanol–water partition coefficient (Wildman–Crippen LogP) is 6.16. The molecule has 2 aliphatic carbocycles. The van der Waals surface area contributed by atoms with E-state index in [1.165, 1.54) is 49.3 Å². The van der Waals surface area contributed by atoms with Crippen LogP contribution in [-0.2, 0) is 0 Å². The summed E-state index contributed by atoms with van der Waals surface area (Å²) in [7, 11) is -1.13. The minimum absolute atomic E-state index is 0.668. The summed E-state index contributed by atoms with van der Waals surface area (Å²) in [6, 6.07) is 8.86. The Morgan fingerprint density at radius 3 is 1.96 bits per heavy atom. The van der Waals surface area contributed by atoms with E-state index in [9.17, 15) is 0 Å². The van der Waals surface area contributed by atoms with E-state index in [1.807, 2.05) is 5.20 Å². The molecule has 0 bridgehead atoms. The molecule has 1 fully saturated rings. The van der Waals surface area contributed by atoms with Gasteiger partial charge in [0.05, 0.1) is 8.80 Å². The first-order valence-corrected chi connectivity index (χ1v) is 12.3. The zero-order valence-electron chi connectivity index (χ0n) is 17.2. The van der Waals surface area contributed by atoms with Gasteiger partial charge in [-0.05, 0) is 58.1 Å². The van der Waals surface area contributed by atoms with Gasteiger partial charge >= 0.3 is 0 Å². The quantitative estimate of drug-likeness (QED) is 0.569. The zero-order chi connectivity index (χ0) is 18.1. The van der Waals surface area contributed by atoms with Gasteiger partial charge in [-0.15, -0.1) is 0 Å². The van der Waals surface area contributed by atoms with Gasteiger partial charge in [0.2, 0.25) is 0 Å². The molecular formula is C24H36Si. The Morgan fingerprint density at radius 1 is 0.840 bits per heavy atom. The molecule has 0 heterocycles. The fourth-order valence-electron chi connectivity index (χ4n) is 5.37. The third-order valence-electron chi connectivity index (χ3n) is 7.02. The Labute approximate surface area is 157 Å². The summed E-state index contributed by atoms with van der Waals surface area (Å²) in [5.41, 5.74) is 7.73. The van der Waals surface area contributed by atoms with E-state index >= 15 is 0 Å². The smallest absolute Gasteiger partial charge is 0.0690 e. The molecule has 0 saturated heterocycles. The highest BCUT2D eigenvalue weighted by Crippen LogP contribution is 2.40. The largest absolute Gasteiger partial charge is 0.0990 e. The third kappa shape index (κ3) is 3.87. The van der Waals surface area contributed by atoms with Crippen LogP contribution in [0.15, 0.2) is 40.1 Å². The van der Waals surface area contributed by atoms with Gasteiger partial charge in [0.15, 0.2) is 0 Å². The Hall–Kier alpha value is -1.08. The minimum atomic E-state index is -1.13. The Morgan fingerprint density at radius 2 is 1.44 bits per heavy atom. The molecule has 1 aromatic rings. The average molecular weight is 353 g/mol. The summed E-state index contributed by atoms with van der Waals surface area (Å²) in [5, 5.41) is 3.55. The first-order valence-electron chi connectivity index (χ1n) is 10.3. The highest BCUT2D eigenvalue weighted by Gasteiger charge is 2.33. The normalized spacial score (nSPS) is 23.5. The first-order chi connectivity index (χ1) is 11.9. The molecule has 3 rings (SSSR count). The van der Waals surface area contributed by atoms with E-state index in [-0.39, 0.29) is 0 Å². The van der Waals surface area contributed by atoms with E-state index in [2.05, 4.69) is 59.7 Å². The highest BCUT2D eigenvalue weighted by molar-refractivity contribution is 6.80. The lowest BCUT2D eigenvalue weighted by molar-refractivity contribution is 0.383. The van der Waals surface area contributed by atoms with Crippen molar-refractivity contribution in [2.24, 2.45) is 11.8 Å². The van der Waals surface area contributed by atoms with Gasteiger partial charge in [-0.3, -0.25) is 0 Å². The monoisotopic (exact) mass is 352 g/mol. The van der Waals surface area contributed by atoms with Crippen molar-refractivity contribution in [1.29, 1.82) is 0 Å². The van der Waals surface area contributed by atoms with Gasteiger partial charge in [0.1, 0.15) is 0 Å². The molecule has 0 aliphatic heterocycles. The molecule has 0 aromatic heterocycles. The lowest BCUT2D eigenvalue weighted by atomic mass is 9.91. The lowest BCUT2D eigenvalue weighted by Gasteiger charge is -2.30. The van der Waals surface area contributed by atoms with Crippen molar-refractivity contribution in [3.63, 3.8) is 0 Å². The van der Waals surface area contributed by atoms with Gasteiger partial charge in [0, 0.05) is 0 Å². The van der Waals surface area contributed by atoms with Gasteiger partial charge in [0.25, 0.3) is 0 Å². The fourth-order valence-corrected chi connectivity index (χ4v) is 9.91. The average Bonchev–Trinajstić information content (AvgIpc) is 2.76. The van der Waals surface area contributed by atoms with Crippen LogP contribution in [0.5, 0.6) is 0 Å². The van der Waals surface area contributed by atoms with Gasteiger partial charge in [-0.25, -0.2) is 0 Å². The van der Waals surface area contributed by atoms with Gasteiger partial charge < -0.3 is 0 Å². The van der Waals surface area contributed by atoms with Crippen LogP contribution in [0.25, 0.3) is 0 Å². The number of rotatable bonds is 4. The highest BCUT2D eigenvalue weighted by atomic mass is 28.3. The Kier molecular flexibility index (Phi) is 5.73. The third-order valence-corrected chi connectivity index (χ3v) is 11.0. The van der Waals surface area contributed by atoms with Crippen LogP contribution in [0.1, 0.15) is 70.9 Å². The SMILES string of the molecule is CC1=C(C)C(C)C([SiH](CC2CCCCC2)c2cc(C)cc(C)c2)=C1C. The predicted molar refractivity (Wildman–Crippen MR) is 114 cm³/mol. The number of aryl methyl sites for hydroxylation is 2. The van der Waals surface area contributed by atoms with E-state index in [0.29, 0.717) is 5.92 Å². The summed E-state index contributed by atoms with van der Waals surface area (Å²) in [6.07, 6.45) is 7.33. The van der Waals surface area contributed by atoms with E-state index in [4.69, 9.17) is 0 Å². The van der Waals surface area contributed by atoms with Crippen molar-refractivity contribution in [1.82, 2.24) is 0 Å². The van der Waals surface area contributed by atoms with E-state index in [1.54, 1.807) is 21.9 Å². The molecule has 1 saturated carbocycles. The van der Waals surface area contributed by atoms with Crippen molar-refractivity contribution in [2.75, 3.05) is 0 Å². The van der Waals surface area contributed by atoms with Crippen LogP contribution in [0.2, 0.25) is 6.04 Å². The fraction of sp³-hybridized carbons (Fsp3) is 0.583. The molecule has 1 heteroatoms. The van der Waals surface area contributed by atoms with Crippen LogP contribution in [0, 0.1) is 25.7 Å². The second-order valence-electron chi connectivity index (χ2n) is 8.82. The summed E-state index contributed by atoms with van der Waals surface area (Å²) < 4.78 is 0. The second kappa shape index (κ2) is 7.66. The summed E-state index contributed by atoms with van der Waals surface area (Å²) in [6.45, 7) is 14.1. The molecule has 0 nitrogen and oxygen atoms in total. The molecule has 2 atom stereocenters. The maximum Gasteiger partial charge on any atom is 0.0990 e. The van der Waals surface area contributed by atoms with E-state index in [0.717, 1.165) is 5.92 Å². The molecule has 0 spiro atoms. The van der Waals surface area contributed by atoms with Crippen molar-refractivity contribution in [3.8, 4) is 0 Å². The van der Waals surface area contributed by atoms with E-state index < -0.39 is 8.80 Å². The molecule has 0 amide bonds. The summed E-state index contributed by atoms with van der Waals surface area (Å²) in [5.74, 6) is 1.64. The Balaban J connectivity index is 2.00. The topological polar surface area (TPSA) is 0 Å².